The predicted molar refractivity (Wildman–Crippen MR) is 83.1 cm³/mol. The normalized spacial score (nSPS) is 26.3. The highest BCUT2D eigenvalue weighted by atomic mass is 19.1. The lowest BCUT2D eigenvalue weighted by atomic mass is 9.68. The lowest BCUT2D eigenvalue weighted by molar-refractivity contribution is 0.146. The second-order valence-corrected chi connectivity index (χ2v) is 6.88. The van der Waals surface area contributed by atoms with Crippen LogP contribution in [0.4, 0.5) is 8.78 Å². The van der Waals surface area contributed by atoms with Gasteiger partial charge in [-0.05, 0) is 80.6 Å². The standard InChI is InChI=1S/C18H27F2N/c1-12(2)14-4-5-15(11-21-3)16(9-14)6-13-7-17(19)10-18(20)8-13/h7-8,10,12,14-16,21H,4-6,9,11H2,1-3H3. The molecule has 1 aromatic carbocycles. The second kappa shape index (κ2) is 7.35. The summed E-state index contributed by atoms with van der Waals surface area (Å²) >= 11 is 0. The summed E-state index contributed by atoms with van der Waals surface area (Å²) in [7, 11) is 1.98. The Morgan fingerprint density at radius 1 is 1.10 bits per heavy atom. The number of hydrogen-bond acceptors (Lipinski definition) is 1. The lowest BCUT2D eigenvalue weighted by Gasteiger charge is -2.38. The third-order valence-corrected chi connectivity index (χ3v) is 5.01. The first-order chi connectivity index (χ1) is 9.99. The first-order valence-corrected chi connectivity index (χ1v) is 8.09. The highest BCUT2D eigenvalue weighted by molar-refractivity contribution is 5.18. The molecule has 0 aromatic heterocycles. The van der Waals surface area contributed by atoms with Crippen LogP contribution in [0.2, 0.25) is 0 Å². The summed E-state index contributed by atoms with van der Waals surface area (Å²) in [6, 6.07) is 3.92. The van der Waals surface area contributed by atoms with Crippen LogP contribution in [-0.2, 0) is 6.42 Å². The molecule has 0 amide bonds. The van der Waals surface area contributed by atoms with Crippen molar-refractivity contribution in [3.8, 4) is 0 Å². The molecule has 3 unspecified atom stereocenters. The van der Waals surface area contributed by atoms with Crippen LogP contribution >= 0.6 is 0 Å². The molecule has 1 aliphatic rings. The molecule has 0 spiro atoms. The molecule has 0 bridgehead atoms. The Kier molecular flexibility index (Phi) is 5.74. The van der Waals surface area contributed by atoms with Crippen LogP contribution in [-0.4, -0.2) is 13.6 Å². The molecule has 1 aromatic rings. The Morgan fingerprint density at radius 3 is 2.33 bits per heavy atom. The number of rotatable bonds is 5. The Bertz CT molecular complexity index is 438. The molecule has 0 aliphatic heterocycles. The average Bonchev–Trinajstić information content (AvgIpc) is 2.39. The maximum atomic E-state index is 13.4. The molecule has 0 radical (unpaired) electrons. The van der Waals surface area contributed by atoms with E-state index in [0.717, 1.165) is 30.5 Å². The van der Waals surface area contributed by atoms with Gasteiger partial charge >= 0.3 is 0 Å². The van der Waals surface area contributed by atoms with Crippen LogP contribution in [0.5, 0.6) is 0 Å². The second-order valence-electron chi connectivity index (χ2n) is 6.88. The van der Waals surface area contributed by atoms with Gasteiger partial charge in [-0.15, -0.1) is 0 Å². The molecule has 2 rings (SSSR count). The van der Waals surface area contributed by atoms with Gasteiger partial charge in [-0.25, -0.2) is 8.78 Å². The summed E-state index contributed by atoms with van der Waals surface area (Å²) in [5.74, 6) is 1.61. The third kappa shape index (κ3) is 4.50. The van der Waals surface area contributed by atoms with Gasteiger partial charge in [0.15, 0.2) is 0 Å². The van der Waals surface area contributed by atoms with E-state index in [1.165, 1.54) is 31.4 Å². The number of benzene rings is 1. The van der Waals surface area contributed by atoms with Crippen LogP contribution in [0.25, 0.3) is 0 Å². The van der Waals surface area contributed by atoms with Crippen molar-refractivity contribution >= 4 is 0 Å². The Hall–Kier alpha value is -0.960. The molecule has 1 nitrogen and oxygen atoms in total. The molecule has 1 saturated carbocycles. The van der Waals surface area contributed by atoms with Crippen molar-refractivity contribution in [2.24, 2.45) is 23.7 Å². The fourth-order valence-electron chi connectivity index (χ4n) is 3.78. The summed E-state index contributed by atoms with van der Waals surface area (Å²) in [6.07, 6.45) is 4.44. The first-order valence-electron chi connectivity index (χ1n) is 8.09. The molecule has 1 aliphatic carbocycles. The minimum absolute atomic E-state index is 0.466. The lowest BCUT2D eigenvalue weighted by Crippen LogP contribution is -2.34. The fourth-order valence-corrected chi connectivity index (χ4v) is 3.78. The zero-order valence-electron chi connectivity index (χ0n) is 13.3. The SMILES string of the molecule is CNCC1CCC(C(C)C)CC1Cc1cc(F)cc(F)c1. The van der Waals surface area contributed by atoms with E-state index in [0.29, 0.717) is 17.8 Å². The highest BCUT2D eigenvalue weighted by Crippen LogP contribution is 2.39. The summed E-state index contributed by atoms with van der Waals surface area (Å²) in [5, 5.41) is 3.27. The molecule has 21 heavy (non-hydrogen) atoms. The summed E-state index contributed by atoms with van der Waals surface area (Å²) < 4.78 is 26.8. The van der Waals surface area contributed by atoms with Crippen molar-refractivity contribution < 1.29 is 8.78 Å². The minimum Gasteiger partial charge on any atom is -0.319 e. The number of halogens is 2. The van der Waals surface area contributed by atoms with Crippen LogP contribution < -0.4 is 5.32 Å². The van der Waals surface area contributed by atoms with Gasteiger partial charge in [-0.2, -0.15) is 0 Å². The van der Waals surface area contributed by atoms with Gasteiger partial charge in [0.2, 0.25) is 0 Å². The zero-order valence-corrected chi connectivity index (χ0v) is 13.3. The largest absolute Gasteiger partial charge is 0.319 e. The van der Waals surface area contributed by atoms with Crippen LogP contribution in [0.1, 0.15) is 38.7 Å². The molecular formula is C18H27F2N. The van der Waals surface area contributed by atoms with Crippen molar-refractivity contribution in [2.45, 2.75) is 39.5 Å². The summed E-state index contributed by atoms with van der Waals surface area (Å²) in [4.78, 5) is 0. The number of nitrogens with one attached hydrogen (secondary N) is 1. The van der Waals surface area contributed by atoms with Gasteiger partial charge in [0, 0.05) is 6.07 Å². The molecular weight excluding hydrogens is 268 g/mol. The van der Waals surface area contributed by atoms with Crippen LogP contribution in [0.15, 0.2) is 18.2 Å². The highest BCUT2D eigenvalue weighted by Gasteiger charge is 2.31. The predicted octanol–water partition coefficient (Wildman–Crippen LogP) is 4.42. The van der Waals surface area contributed by atoms with Crippen molar-refractivity contribution in [2.75, 3.05) is 13.6 Å². The van der Waals surface area contributed by atoms with E-state index < -0.39 is 11.6 Å². The van der Waals surface area contributed by atoms with E-state index in [9.17, 15) is 8.78 Å². The summed E-state index contributed by atoms with van der Waals surface area (Å²) in [6.45, 7) is 5.55. The van der Waals surface area contributed by atoms with Gasteiger partial charge in [0.05, 0.1) is 0 Å². The first kappa shape index (κ1) is 16.4. The maximum Gasteiger partial charge on any atom is 0.126 e. The van der Waals surface area contributed by atoms with Gasteiger partial charge in [-0.1, -0.05) is 13.8 Å². The molecule has 3 atom stereocenters. The Labute approximate surface area is 127 Å². The topological polar surface area (TPSA) is 12.0 Å². The van der Waals surface area contributed by atoms with E-state index in [2.05, 4.69) is 19.2 Å². The van der Waals surface area contributed by atoms with Gasteiger partial charge in [-0.3, -0.25) is 0 Å². The Morgan fingerprint density at radius 2 is 1.76 bits per heavy atom. The van der Waals surface area contributed by atoms with E-state index in [1.807, 2.05) is 7.05 Å². The molecule has 1 N–H and O–H groups in total. The zero-order chi connectivity index (χ0) is 15.4. The Balaban J connectivity index is 2.11. The van der Waals surface area contributed by atoms with Crippen LogP contribution in [0, 0.1) is 35.3 Å². The monoisotopic (exact) mass is 295 g/mol. The van der Waals surface area contributed by atoms with E-state index in [1.54, 1.807) is 0 Å². The molecule has 0 heterocycles. The third-order valence-electron chi connectivity index (χ3n) is 5.01. The maximum absolute atomic E-state index is 13.4. The van der Waals surface area contributed by atoms with Gasteiger partial charge in [0.25, 0.3) is 0 Å². The minimum atomic E-state index is -0.466. The molecule has 3 heteroatoms. The fraction of sp³-hybridized carbons (Fsp3) is 0.667. The molecule has 1 fully saturated rings. The smallest absolute Gasteiger partial charge is 0.126 e. The van der Waals surface area contributed by atoms with Gasteiger partial charge < -0.3 is 5.32 Å². The molecule has 118 valence electrons. The number of hydrogen-bond donors (Lipinski definition) is 1. The van der Waals surface area contributed by atoms with Crippen molar-refractivity contribution in [1.82, 2.24) is 5.32 Å². The quantitative estimate of drug-likeness (QED) is 0.848. The van der Waals surface area contributed by atoms with E-state index in [4.69, 9.17) is 0 Å². The van der Waals surface area contributed by atoms with Crippen molar-refractivity contribution in [3.63, 3.8) is 0 Å². The van der Waals surface area contributed by atoms with E-state index in [-0.39, 0.29) is 0 Å². The van der Waals surface area contributed by atoms with Crippen molar-refractivity contribution in [3.05, 3.63) is 35.4 Å². The van der Waals surface area contributed by atoms with Gasteiger partial charge in [0.1, 0.15) is 11.6 Å². The average molecular weight is 295 g/mol. The van der Waals surface area contributed by atoms with Crippen LogP contribution in [0.3, 0.4) is 0 Å². The van der Waals surface area contributed by atoms with Crippen molar-refractivity contribution in [1.29, 1.82) is 0 Å². The van der Waals surface area contributed by atoms with E-state index >= 15 is 0 Å². The summed E-state index contributed by atoms with van der Waals surface area (Å²) in [5.41, 5.74) is 0.794. The molecule has 0 saturated heterocycles.